The molecule has 0 radical (unpaired) electrons. The molecule has 1 N–H and O–H groups in total. The van der Waals surface area contributed by atoms with Gasteiger partial charge in [-0.05, 0) is 53.6 Å². The number of ether oxygens (including phenoxy) is 2. The molecule has 4 rings (SSSR count). The first-order chi connectivity index (χ1) is 18.3. The number of rotatable bonds is 10. The number of halogens is 3. The molecule has 196 valence electrons. The summed E-state index contributed by atoms with van der Waals surface area (Å²) >= 11 is 16.8. The van der Waals surface area contributed by atoms with Gasteiger partial charge in [0.2, 0.25) is 0 Å². The minimum absolute atomic E-state index is 0.132. The monoisotopic (exact) mass is 633 g/mol. The Kier molecular flexibility index (Phi) is 9.68. The van der Waals surface area contributed by atoms with Crippen molar-refractivity contribution in [3.63, 3.8) is 0 Å². The molecular formula is C26H22BrCl2N5O3S. The first-order valence-corrected chi connectivity index (χ1v) is 13.7. The largest absolute Gasteiger partial charge is 0.493 e. The lowest BCUT2D eigenvalue weighted by Gasteiger charge is -2.11. The highest BCUT2D eigenvalue weighted by atomic mass is 79.9. The molecule has 0 bridgehead atoms. The average molecular weight is 635 g/mol. The molecule has 1 amide bonds. The molecule has 0 aliphatic carbocycles. The second-order valence-electron chi connectivity index (χ2n) is 7.90. The van der Waals surface area contributed by atoms with Gasteiger partial charge in [0.15, 0.2) is 22.5 Å². The molecule has 0 spiro atoms. The number of methoxy groups -OCH3 is 1. The van der Waals surface area contributed by atoms with Crippen LogP contribution in [0.2, 0.25) is 10.0 Å². The zero-order valence-corrected chi connectivity index (χ0v) is 24.2. The van der Waals surface area contributed by atoms with Crippen LogP contribution in [0.4, 0.5) is 0 Å². The van der Waals surface area contributed by atoms with Crippen molar-refractivity contribution in [2.45, 2.75) is 11.8 Å². The second-order valence-corrected chi connectivity index (χ2v) is 10.6. The fraction of sp³-hybridized carbons (Fsp3) is 0.154. The summed E-state index contributed by atoms with van der Waals surface area (Å²) in [5.41, 5.74) is 5.05. The van der Waals surface area contributed by atoms with E-state index >= 15 is 0 Å². The van der Waals surface area contributed by atoms with Gasteiger partial charge in [-0.2, -0.15) is 5.10 Å². The summed E-state index contributed by atoms with van der Waals surface area (Å²) in [6, 6.07) is 18.4. The molecular weight excluding hydrogens is 613 g/mol. The molecule has 0 saturated heterocycles. The van der Waals surface area contributed by atoms with Crippen molar-refractivity contribution >= 4 is 63.0 Å². The van der Waals surface area contributed by atoms with Crippen LogP contribution >= 0.6 is 50.9 Å². The van der Waals surface area contributed by atoms with E-state index < -0.39 is 0 Å². The van der Waals surface area contributed by atoms with Gasteiger partial charge in [-0.1, -0.05) is 69.1 Å². The molecule has 12 heteroatoms. The van der Waals surface area contributed by atoms with Crippen molar-refractivity contribution in [1.29, 1.82) is 0 Å². The van der Waals surface area contributed by atoms with Gasteiger partial charge in [-0.3, -0.25) is 4.79 Å². The Hall–Kier alpha value is -3.05. The maximum Gasteiger partial charge on any atom is 0.250 e. The zero-order chi connectivity index (χ0) is 27.1. The van der Waals surface area contributed by atoms with E-state index in [4.69, 9.17) is 32.7 Å². The van der Waals surface area contributed by atoms with Crippen molar-refractivity contribution < 1.29 is 14.3 Å². The second kappa shape index (κ2) is 13.1. The summed E-state index contributed by atoms with van der Waals surface area (Å²) in [6.45, 7) is 0.296. The SMILES string of the molecule is COc1cc(/C=N\NC(=O)CSc2nnc(-c3cccc(Br)c3)n2C)ccc1OCc1ccc(Cl)c(Cl)c1. The lowest BCUT2D eigenvalue weighted by molar-refractivity contribution is -0.118. The topological polar surface area (TPSA) is 90.6 Å². The summed E-state index contributed by atoms with van der Waals surface area (Å²) in [5, 5.41) is 14.1. The van der Waals surface area contributed by atoms with E-state index in [9.17, 15) is 4.79 Å². The fourth-order valence-corrected chi connectivity index (χ4v) is 4.76. The number of carbonyl (C=O) groups is 1. The molecule has 38 heavy (non-hydrogen) atoms. The highest BCUT2D eigenvalue weighted by molar-refractivity contribution is 9.10. The van der Waals surface area contributed by atoms with E-state index in [2.05, 4.69) is 36.7 Å². The molecule has 1 heterocycles. The number of benzene rings is 3. The summed E-state index contributed by atoms with van der Waals surface area (Å²) in [5.74, 6) is 1.66. The predicted molar refractivity (Wildman–Crippen MR) is 154 cm³/mol. The number of aromatic nitrogens is 3. The van der Waals surface area contributed by atoms with Crippen molar-refractivity contribution in [3.05, 3.63) is 86.3 Å². The Labute approximate surface area is 242 Å². The molecule has 8 nitrogen and oxygen atoms in total. The van der Waals surface area contributed by atoms with E-state index in [1.807, 2.05) is 41.9 Å². The van der Waals surface area contributed by atoms with Gasteiger partial charge in [-0.15, -0.1) is 10.2 Å². The van der Waals surface area contributed by atoms with Crippen molar-refractivity contribution in [2.24, 2.45) is 12.1 Å². The maximum atomic E-state index is 12.3. The Balaban J connectivity index is 1.30. The minimum Gasteiger partial charge on any atom is -0.493 e. The third-order valence-corrected chi connectivity index (χ3v) is 7.47. The highest BCUT2D eigenvalue weighted by Crippen LogP contribution is 2.29. The number of nitrogens with one attached hydrogen (secondary N) is 1. The predicted octanol–water partition coefficient (Wildman–Crippen LogP) is 6.38. The van der Waals surface area contributed by atoms with Crippen molar-refractivity contribution in [3.8, 4) is 22.9 Å². The summed E-state index contributed by atoms with van der Waals surface area (Å²) < 4.78 is 14.1. The van der Waals surface area contributed by atoms with Crippen LogP contribution in [-0.4, -0.2) is 39.7 Å². The van der Waals surface area contributed by atoms with Crippen LogP contribution in [-0.2, 0) is 18.4 Å². The molecule has 0 aliphatic rings. The first-order valence-electron chi connectivity index (χ1n) is 11.2. The Morgan fingerprint density at radius 3 is 2.71 bits per heavy atom. The number of hydrogen-bond donors (Lipinski definition) is 1. The van der Waals surface area contributed by atoms with Crippen molar-refractivity contribution in [1.82, 2.24) is 20.2 Å². The highest BCUT2D eigenvalue weighted by Gasteiger charge is 2.13. The van der Waals surface area contributed by atoms with E-state index in [-0.39, 0.29) is 11.7 Å². The van der Waals surface area contributed by atoms with Gasteiger partial charge < -0.3 is 14.0 Å². The third-order valence-electron chi connectivity index (χ3n) is 5.22. The Bertz CT molecular complexity index is 1480. The number of nitrogens with zero attached hydrogens (tertiary/aromatic N) is 4. The lowest BCUT2D eigenvalue weighted by atomic mass is 10.2. The van der Waals surface area contributed by atoms with Crippen molar-refractivity contribution in [2.75, 3.05) is 12.9 Å². The van der Waals surface area contributed by atoms with Crippen LogP contribution in [0.15, 0.2) is 75.4 Å². The molecule has 0 fully saturated rings. The van der Waals surface area contributed by atoms with Gasteiger partial charge in [0.05, 0.1) is 29.1 Å². The number of thioether (sulfide) groups is 1. The lowest BCUT2D eigenvalue weighted by Crippen LogP contribution is -2.19. The third kappa shape index (κ3) is 7.28. The molecule has 3 aromatic carbocycles. The van der Waals surface area contributed by atoms with Crippen LogP contribution in [0, 0.1) is 0 Å². The average Bonchev–Trinajstić information content (AvgIpc) is 3.28. The summed E-state index contributed by atoms with van der Waals surface area (Å²) in [4.78, 5) is 12.3. The minimum atomic E-state index is -0.271. The maximum absolute atomic E-state index is 12.3. The van der Waals surface area contributed by atoms with E-state index in [0.29, 0.717) is 39.1 Å². The van der Waals surface area contributed by atoms with Crippen LogP contribution in [0.5, 0.6) is 11.5 Å². The normalized spacial score (nSPS) is 11.1. The quantitative estimate of drug-likeness (QED) is 0.124. The number of amides is 1. The smallest absolute Gasteiger partial charge is 0.250 e. The van der Waals surface area contributed by atoms with Crippen LogP contribution in [0.25, 0.3) is 11.4 Å². The number of carbonyl (C=O) groups excluding carboxylic acids is 1. The molecule has 0 aliphatic heterocycles. The fourth-order valence-electron chi connectivity index (χ4n) is 3.33. The van der Waals surface area contributed by atoms with E-state index in [1.165, 1.54) is 18.0 Å². The van der Waals surface area contributed by atoms with Gasteiger partial charge in [0.1, 0.15) is 6.61 Å². The molecule has 0 atom stereocenters. The zero-order valence-electron chi connectivity index (χ0n) is 20.3. The van der Waals surface area contributed by atoms with Gasteiger partial charge in [-0.25, -0.2) is 5.43 Å². The number of hydrazone groups is 1. The van der Waals surface area contributed by atoms with Crippen LogP contribution in [0.3, 0.4) is 0 Å². The molecule has 1 aromatic heterocycles. The molecule has 0 saturated carbocycles. The number of hydrogen-bond acceptors (Lipinski definition) is 7. The standard InChI is InChI=1S/C26H22BrCl2N5O3S/c1-34-25(18-4-3-5-19(27)12-18)32-33-26(34)38-15-24(35)31-30-13-16-7-9-22(23(11-16)36-2)37-14-17-6-8-20(28)21(29)10-17/h3-13H,14-15H2,1-2H3,(H,31,35)/b30-13-. The molecule has 0 unspecified atom stereocenters. The first kappa shape index (κ1) is 28.0. The van der Waals surface area contributed by atoms with Gasteiger partial charge >= 0.3 is 0 Å². The Morgan fingerprint density at radius 2 is 1.95 bits per heavy atom. The molecule has 4 aromatic rings. The van der Waals surface area contributed by atoms with E-state index in [0.717, 1.165) is 21.2 Å². The van der Waals surface area contributed by atoms with Crippen LogP contribution < -0.4 is 14.9 Å². The van der Waals surface area contributed by atoms with Gasteiger partial charge in [0, 0.05) is 17.1 Å². The summed E-state index contributed by atoms with van der Waals surface area (Å²) in [6.07, 6.45) is 1.53. The van der Waals surface area contributed by atoms with E-state index in [1.54, 1.807) is 37.4 Å². The van der Waals surface area contributed by atoms with Crippen LogP contribution in [0.1, 0.15) is 11.1 Å². The summed E-state index contributed by atoms with van der Waals surface area (Å²) in [7, 11) is 3.41. The Morgan fingerprint density at radius 1 is 1.11 bits per heavy atom. The van der Waals surface area contributed by atoms with Gasteiger partial charge in [0.25, 0.3) is 5.91 Å².